The highest BCUT2D eigenvalue weighted by atomic mass is 16.5. The van der Waals surface area contributed by atoms with Gasteiger partial charge in [0.2, 0.25) is 11.7 Å². The molecule has 0 fully saturated rings. The van der Waals surface area contributed by atoms with Gasteiger partial charge in [-0.15, -0.1) is 0 Å². The fourth-order valence-electron chi connectivity index (χ4n) is 2.32. The molecule has 1 aliphatic heterocycles. The van der Waals surface area contributed by atoms with Gasteiger partial charge in [0.05, 0.1) is 24.0 Å². The molecule has 9 nitrogen and oxygen atoms in total. The summed E-state index contributed by atoms with van der Waals surface area (Å²) in [6.07, 6.45) is -2.19. The van der Waals surface area contributed by atoms with Gasteiger partial charge in [0.15, 0.2) is 0 Å². The lowest BCUT2D eigenvalue weighted by molar-refractivity contribution is -0.141. The van der Waals surface area contributed by atoms with Crippen molar-refractivity contribution in [2.45, 2.75) is 51.2 Å². The summed E-state index contributed by atoms with van der Waals surface area (Å²) in [5.41, 5.74) is 0. The average molecular weight is 329 g/mol. The lowest BCUT2D eigenvalue weighted by Crippen LogP contribution is -2.63. The van der Waals surface area contributed by atoms with Gasteiger partial charge in [-0.05, 0) is 19.9 Å². The number of nitrogens with zero attached hydrogens (tertiary/aromatic N) is 1. The predicted octanol–water partition coefficient (Wildman–Crippen LogP) is -1.39. The number of aliphatic carboxylic acids is 1. The number of carboxylic acids is 1. The molecule has 5 N–H and O–H groups in total. The molecule has 0 bridgehead atoms. The van der Waals surface area contributed by atoms with Crippen molar-refractivity contribution in [3.8, 4) is 0 Å². The largest absolute Gasteiger partial charge is 0.479 e. The van der Waals surface area contributed by atoms with Gasteiger partial charge in [0.25, 0.3) is 0 Å². The number of rotatable bonds is 5. The second-order valence-electron chi connectivity index (χ2n) is 5.36. The van der Waals surface area contributed by atoms with E-state index in [9.17, 15) is 19.8 Å². The van der Waals surface area contributed by atoms with Crippen LogP contribution in [-0.4, -0.2) is 70.5 Å². The van der Waals surface area contributed by atoms with Crippen LogP contribution in [0.5, 0.6) is 0 Å². The molecule has 1 aliphatic rings. The van der Waals surface area contributed by atoms with E-state index in [4.69, 9.17) is 9.84 Å². The highest BCUT2D eigenvalue weighted by Crippen LogP contribution is 2.23. The predicted molar refractivity (Wildman–Crippen MR) is 81.8 cm³/mol. The lowest BCUT2D eigenvalue weighted by Gasteiger charge is -2.40. The number of carboxylic acid groups (broad SMARTS) is 1. The summed E-state index contributed by atoms with van der Waals surface area (Å²) in [6, 6.07) is -1.72. The van der Waals surface area contributed by atoms with Crippen LogP contribution >= 0.6 is 0 Å². The number of hydrogen-bond donors (Lipinski definition) is 5. The summed E-state index contributed by atoms with van der Waals surface area (Å²) >= 11 is 0. The van der Waals surface area contributed by atoms with Crippen LogP contribution in [0.3, 0.4) is 0 Å². The number of aliphatic hydroxyl groups is 2. The average Bonchev–Trinajstić information content (AvgIpc) is 2.45. The van der Waals surface area contributed by atoms with E-state index >= 15 is 0 Å². The minimum absolute atomic E-state index is 0.417. The monoisotopic (exact) mass is 329 g/mol. The molecule has 0 radical (unpaired) electrons. The van der Waals surface area contributed by atoms with E-state index in [1.54, 1.807) is 14.0 Å². The third-order valence-electron chi connectivity index (χ3n) is 3.47. The first kappa shape index (κ1) is 18.9. The summed E-state index contributed by atoms with van der Waals surface area (Å²) in [5, 5.41) is 34.7. The lowest BCUT2D eigenvalue weighted by atomic mass is 9.92. The zero-order chi connectivity index (χ0) is 17.7. The first-order valence-corrected chi connectivity index (χ1v) is 7.12. The Labute approximate surface area is 134 Å². The minimum atomic E-state index is -1.35. The quantitative estimate of drug-likeness (QED) is 0.309. The number of nitrogens with one attached hydrogen (secondary N) is 2. The van der Waals surface area contributed by atoms with Crippen LogP contribution in [0.15, 0.2) is 16.8 Å². The van der Waals surface area contributed by atoms with E-state index in [1.807, 2.05) is 0 Å². The van der Waals surface area contributed by atoms with Crippen molar-refractivity contribution < 1.29 is 29.6 Å². The van der Waals surface area contributed by atoms with Crippen LogP contribution in [-0.2, 0) is 14.3 Å². The number of aliphatic hydroxyl groups excluding tert-OH is 2. The van der Waals surface area contributed by atoms with E-state index in [-0.39, 0.29) is 0 Å². The molecule has 23 heavy (non-hydrogen) atoms. The second-order valence-corrected chi connectivity index (χ2v) is 5.36. The Hall–Kier alpha value is -2.13. The highest BCUT2D eigenvalue weighted by molar-refractivity contribution is 5.85. The number of ether oxygens (including phenoxy) is 1. The number of aliphatic imine (C=N–C) groups is 1. The molecular weight excluding hydrogens is 306 g/mol. The Bertz CT molecular complexity index is 517. The summed E-state index contributed by atoms with van der Waals surface area (Å²) < 4.78 is 5.41. The third-order valence-corrected chi connectivity index (χ3v) is 3.47. The number of carbonyl (C=O) groups excluding carboxylic acids is 1. The smallest absolute Gasteiger partial charge is 0.370 e. The standard InChI is InChI=1S/C14H23N3O6/c1-6(18)11(17-8(3)19)13-12(16-7(2)15-4)9(20)5-10(23-13)14(21)22/h5-6,9,11-13,18,20H,1-4H3,(H,15,16)(H,17,19)(H,21,22)/t6-,9+,11-,12+,13?/m1/s1. The van der Waals surface area contributed by atoms with Gasteiger partial charge in [0, 0.05) is 14.0 Å². The molecule has 9 heteroatoms. The molecule has 0 aliphatic carbocycles. The van der Waals surface area contributed by atoms with Crippen molar-refractivity contribution in [2.24, 2.45) is 4.99 Å². The maximum absolute atomic E-state index is 11.4. The van der Waals surface area contributed by atoms with Gasteiger partial charge in [-0.25, -0.2) is 4.79 Å². The zero-order valence-electron chi connectivity index (χ0n) is 13.5. The summed E-state index contributed by atoms with van der Waals surface area (Å²) in [5.74, 6) is -1.72. The fraction of sp³-hybridized carbons (Fsp3) is 0.643. The van der Waals surface area contributed by atoms with E-state index < -0.39 is 48.0 Å². The van der Waals surface area contributed by atoms with Crippen molar-refractivity contribution in [3.63, 3.8) is 0 Å². The second kappa shape index (κ2) is 7.93. The van der Waals surface area contributed by atoms with Crippen LogP contribution in [0.4, 0.5) is 0 Å². The highest BCUT2D eigenvalue weighted by Gasteiger charge is 2.43. The van der Waals surface area contributed by atoms with Crippen LogP contribution in [0, 0.1) is 0 Å². The topological polar surface area (TPSA) is 140 Å². The van der Waals surface area contributed by atoms with Crippen LogP contribution in [0.2, 0.25) is 0 Å². The van der Waals surface area contributed by atoms with E-state index in [0.29, 0.717) is 5.84 Å². The van der Waals surface area contributed by atoms with Gasteiger partial charge < -0.3 is 30.7 Å². The molecule has 0 aromatic carbocycles. The summed E-state index contributed by atoms with van der Waals surface area (Å²) in [7, 11) is 1.55. The Morgan fingerprint density at radius 3 is 2.43 bits per heavy atom. The Kier molecular flexibility index (Phi) is 6.52. The molecular formula is C14H23N3O6. The molecule has 0 saturated carbocycles. The van der Waals surface area contributed by atoms with Gasteiger partial charge >= 0.3 is 5.97 Å². The van der Waals surface area contributed by atoms with Crippen molar-refractivity contribution in [1.29, 1.82) is 0 Å². The SMILES string of the molecule is CN=C(C)N[C@@H]1C([C@H](NC(C)=O)[C@@H](C)O)OC(C(=O)O)=C[C@@H]1O. The van der Waals surface area contributed by atoms with Crippen LogP contribution in [0.25, 0.3) is 0 Å². The van der Waals surface area contributed by atoms with Gasteiger partial charge in [0.1, 0.15) is 12.2 Å². The minimum Gasteiger partial charge on any atom is -0.479 e. The molecule has 0 spiro atoms. The van der Waals surface area contributed by atoms with Gasteiger partial charge in [-0.3, -0.25) is 9.79 Å². The molecule has 0 saturated heterocycles. The van der Waals surface area contributed by atoms with E-state index in [2.05, 4.69) is 15.6 Å². The number of amides is 1. The third kappa shape index (κ3) is 4.93. The molecule has 0 aromatic heterocycles. The van der Waals surface area contributed by atoms with Crippen molar-refractivity contribution >= 4 is 17.7 Å². The van der Waals surface area contributed by atoms with Crippen LogP contribution in [0.1, 0.15) is 20.8 Å². The van der Waals surface area contributed by atoms with E-state index in [1.165, 1.54) is 13.8 Å². The number of carbonyl (C=O) groups is 2. The molecule has 1 unspecified atom stereocenters. The first-order valence-electron chi connectivity index (χ1n) is 7.12. The van der Waals surface area contributed by atoms with Gasteiger partial charge in [-0.2, -0.15) is 0 Å². The fourth-order valence-corrected chi connectivity index (χ4v) is 2.32. The number of amidine groups is 1. The van der Waals surface area contributed by atoms with Gasteiger partial charge in [-0.1, -0.05) is 0 Å². The van der Waals surface area contributed by atoms with Crippen molar-refractivity contribution in [1.82, 2.24) is 10.6 Å². The summed E-state index contributed by atoms with van der Waals surface area (Å²) in [6.45, 7) is 4.37. The Balaban J connectivity index is 3.20. The van der Waals surface area contributed by atoms with E-state index in [0.717, 1.165) is 6.08 Å². The normalized spacial score (nSPS) is 27.3. The maximum atomic E-state index is 11.4. The molecule has 5 atom stereocenters. The van der Waals surface area contributed by atoms with Crippen LogP contribution < -0.4 is 10.6 Å². The zero-order valence-corrected chi connectivity index (χ0v) is 13.5. The Morgan fingerprint density at radius 2 is 2.00 bits per heavy atom. The van der Waals surface area contributed by atoms with Crippen molar-refractivity contribution in [2.75, 3.05) is 7.05 Å². The molecule has 0 aromatic rings. The first-order chi connectivity index (χ1) is 10.7. The summed E-state index contributed by atoms with van der Waals surface area (Å²) in [4.78, 5) is 26.4. The molecule has 1 amide bonds. The maximum Gasteiger partial charge on any atom is 0.370 e. The Morgan fingerprint density at radius 1 is 1.39 bits per heavy atom. The number of hydrogen-bond acceptors (Lipinski definition) is 6. The molecule has 1 rings (SSSR count). The molecule has 130 valence electrons. The molecule has 1 heterocycles. The van der Waals surface area contributed by atoms with Crippen molar-refractivity contribution in [3.05, 3.63) is 11.8 Å².